The minimum Gasteiger partial charge on any atom is -0.508 e. The first-order valence-electron chi connectivity index (χ1n) is 8.79. The molecule has 2 aromatic carbocycles. The van der Waals surface area contributed by atoms with Crippen molar-refractivity contribution in [1.29, 1.82) is 0 Å². The lowest BCUT2D eigenvalue weighted by Crippen LogP contribution is -2.31. The first-order chi connectivity index (χ1) is 13.0. The Bertz CT molecular complexity index is 1010. The molecule has 0 atom stereocenters. The van der Waals surface area contributed by atoms with Crippen LogP contribution in [0.2, 0.25) is 0 Å². The Morgan fingerprint density at radius 1 is 1.11 bits per heavy atom. The van der Waals surface area contributed by atoms with Crippen molar-refractivity contribution >= 4 is 29.3 Å². The summed E-state index contributed by atoms with van der Waals surface area (Å²) in [5.74, 6) is 0.0985. The molecular weight excluding hydrogens is 382 g/mol. The molecule has 3 aromatic rings. The summed E-state index contributed by atoms with van der Waals surface area (Å²) in [6.45, 7) is 5.69. The molecule has 6 nitrogen and oxygen atoms in total. The third-order valence-electron chi connectivity index (χ3n) is 4.40. The summed E-state index contributed by atoms with van der Waals surface area (Å²) in [6.07, 6.45) is 1.37. The first-order valence-corrected chi connectivity index (χ1v) is 8.79. The summed E-state index contributed by atoms with van der Waals surface area (Å²) in [6, 6.07) is 11.0. The van der Waals surface area contributed by atoms with Gasteiger partial charge in [-0.1, -0.05) is 26.0 Å². The predicted molar refractivity (Wildman–Crippen MR) is 110 cm³/mol. The van der Waals surface area contributed by atoms with Gasteiger partial charge in [0.05, 0.1) is 17.5 Å². The molecule has 28 heavy (non-hydrogen) atoms. The fourth-order valence-electron chi connectivity index (χ4n) is 2.81. The van der Waals surface area contributed by atoms with Crippen molar-refractivity contribution in [3.05, 3.63) is 59.0 Å². The number of hydrogen-bond acceptors (Lipinski definition) is 6. The van der Waals surface area contributed by atoms with Crippen molar-refractivity contribution in [2.45, 2.75) is 13.8 Å². The van der Waals surface area contributed by atoms with Crippen LogP contribution >= 0.6 is 12.4 Å². The maximum Gasteiger partial charge on any atom is 0.325 e. The first kappa shape index (κ1) is 21.5. The van der Waals surface area contributed by atoms with Gasteiger partial charge in [0.15, 0.2) is 5.43 Å². The highest BCUT2D eigenvalue weighted by atomic mass is 35.5. The van der Waals surface area contributed by atoms with Gasteiger partial charge in [-0.05, 0) is 42.9 Å². The smallest absolute Gasteiger partial charge is 0.325 e. The summed E-state index contributed by atoms with van der Waals surface area (Å²) >= 11 is 0. The van der Waals surface area contributed by atoms with Crippen LogP contribution in [0.1, 0.15) is 13.8 Å². The zero-order chi connectivity index (χ0) is 19.4. The number of halogens is 1. The number of hydrogen-bond donors (Lipinski definition) is 1. The molecule has 0 fully saturated rings. The van der Waals surface area contributed by atoms with Gasteiger partial charge in [-0.2, -0.15) is 0 Å². The number of rotatable bonds is 6. The topological polar surface area (TPSA) is 80.0 Å². The van der Waals surface area contributed by atoms with Gasteiger partial charge in [0.2, 0.25) is 0 Å². The van der Waals surface area contributed by atoms with Gasteiger partial charge in [-0.3, -0.25) is 14.5 Å². The molecule has 7 heteroatoms. The molecule has 1 N–H and O–H groups in total. The second-order valence-corrected chi connectivity index (χ2v) is 6.12. The second kappa shape index (κ2) is 9.39. The minimum absolute atomic E-state index is 0. The van der Waals surface area contributed by atoms with Crippen LogP contribution in [0, 0.1) is 0 Å². The Morgan fingerprint density at radius 3 is 2.43 bits per heavy atom. The van der Waals surface area contributed by atoms with E-state index in [1.807, 2.05) is 18.7 Å². The summed E-state index contributed by atoms with van der Waals surface area (Å²) in [5, 5.41) is 9.78. The van der Waals surface area contributed by atoms with Crippen LogP contribution in [0.3, 0.4) is 0 Å². The number of aromatic hydroxyl groups is 1. The fraction of sp³-hybridized carbons (Fsp3) is 0.238. The average Bonchev–Trinajstić information content (AvgIpc) is 2.67. The van der Waals surface area contributed by atoms with E-state index in [2.05, 4.69) is 0 Å². The van der Waals surface area contributed by atoms with Crippen LogP contribution in [-0.4, -0.2) is 35.6 Å². The number of carbonyl (C=O) groups excluding carboxylic acids is 1. The van der Waals surface area contributed by atoms with E-state index in [9.17, 15) is 14.7 Å². The van der Waals surface area contributed by atoms with Crippen molar-refractivity contribution in [2.75, 3.05) is 19.6 Å². The lowest BCUT2D eigenvalue weighted by Gasteiger charge is -2.16. The van der Waals surface area contributed by atoms with Gasteiger partial charge < -0.3 is 14.3 Å². The second-order valence-electron chi connectivity index (χ2n) is 6.12. The van der Waals surface area contributed by atoms with Crippen molar-refractivity contribution in [1.82, 2.24) is 4.90 Å². The molecular formula is C21H22ClNO5. The van der Waals surface area contributed by atoms with Crippen LogP contribution in [0.25, 0.3) is 22.1 Å². The van der Waals surface area contributed by atoms with Crippen molar-refractivity contribution in [3.63, 3.8) is 0 Å². The predicted octanol–water partition coefficient (Wildman–Crippen LogP) is 3.83. The van der Waals surface area contributed by atoms with Crippen molar-refractivity contribution in [2.24, 2.45) is 0 Å². The molecule has 1 heterocycles. The molecule has 148 valence electrons. The van der Waals surface area contributed by atoms with Crippen LogP contribution in [0.4, 0.5) is 0 Å². The highest BCUT2D eigenvalue weighted by Crippen LogP contribution is 2.24. The number of carbonyl (C=O) groups is 1. The Hall–Kier alpha value is -2.83. The number of esters is 1. The molecule has 0 aliphatic rings. The Labute approximate surface area is 168 Å². The van der Waals surface area contributed by atoms with E-state index >= 15 is 0 Å². The Kier molecular flexibility index (Phi) is 7.20. The molecule has 0 saturated carbocycles. The number of likely N-dealkylation sites (N-methyl/N-ethyl adjacent to an activating group) is 1. The summed E-state index contributed by atoms with van der Waals surface area (Å²) in [7, 11) is 0. The molecule has 1 aromatic heterocycles. The number of fused-ring (bicyclic) bond motifs is 1. The number of phenols is 1. The summed E-state index contributed by atoms with van der Waals surface area (Å²) in [4.78, 5) is 26.7. The maximum absolute atomic E-state index is 12.7. The lowest BCUT2D eigenvalue weighted by atomic mass is 10.1. The number of nitrogens with zero attached hydrogens (tertiary/aromatic N) is 1. The van der Waals surface area contributed by atoms with E-state index in [0.29, 0.717) is 27.8 Å². The van der Waals surface area contributed by atoms with Gasteiger partial charge in [-0.15, -0.1) is 12.4 Å². The van der Waals surface area contributed by atoms with Gasteiger partial charge in [0.1, 0.15) is 23.3 Å². The monoisotopic (exact) mass is 403 g/mol. The molecule has 0 saturated heterocycles. The van der Waals surface area contributed by atoms with Crippen molar-refractivity contribution in [3.8, 4) is 22.6 Å². The van der Waals surface area contributed by atoms with Gasteiger partial charge >= 0.3 is 5.97 Å². The van der Waals surface area contributed by atoms with Crippen LogP contribution < -0.4 is 10.2 Å². The van der Waals surface area contributed by atoms with E-state index in [0.717, 1.165) is 13.1 Å². The zero-order valence-corrected chi connectivity index (χ0v) is 16.5. The lowest BCUT2D eigenvalue weighted by molar-refractivity contribution is -0.135. The molecule has 0 radical (unpaired) electrons. The fourth-order valence-corrected chi connectivity index (χ4v) is 2.81. The quantitative estimate of drug-likeness (QED) is 0.497. The molecule has 0 bridgehead atoms. The van der Waals surface area contributed by atoms with E-state index in [1.165, 1.54) is 24.5 Å². The minimum atomic E-state index is -0.360. The normalized spacial score (nSPS) is 10.7. The molecule has 0 spiro atoms. The van der Waals surface area contributed by atoms with Crippen LogP contribution in [-0.2, 0) is 4.79 Å². The van der Waals surface area contributed by atoms with Gasteiger partial charge in [-0.25, -0.2) is 0 Å². The third kappa shape index (κ3) is 4.71. The SMILES string of the molecule is CCN(CC)CC(=O)Oc1ccc2c(=O)c(-c3ccc(O)cc3)coc2c1.Cl. The number of ether oxygens (including phenoxy) is 1. The van der Waals surface area contributed by atoms with E-state index < -0.39 is 0 Å². The van der Waals surface area contributed by atoms with E-state index in [1.54, 1.807) is 24.3 Å². The Balaban J connectivity index is 0.00000280. The standard InChI is InChI=1S/C21H21NO5.ClH/c1-3-22(4-2)12-20(24)27-16-9-10-17-19(11-16)26-13-18(21(17)25)14-5-7-15(23)8-6-14;/h5-11,13,23H,3-4,12H2,1-2H3;1H. The number of phenolic OH excluding ortho intramolecular Hbond substituents is 1. The van der Waals surface area contributed by atoms with E-state index in [-0.39, 0.29) is 36.1 Å². The highest BCUT2D eigenvalue weighted by molar-refractivity contribution is 5.85. The maximum atomic E-state index is 12.7. The third-order valence-corrected chi connectivity index (χ3v) is 4.40. The highest BCUT2D eigenvalue weighted by Gasteiger charge is 2.13. The largest absolute Gasteiger partial charge is 0.508 e. The Morgan fingerprint density at radius 2 is 1.79 bits per heavy atom. The van der Waals surface area contributed by atoms with Crippen molar-refractivity contribution < 1.29 is 19.1 Å². The van der Waals surface area contributed by atoms with Gasteiger partial charge in [0, 0.05) is 6.07 Å². The molecule has 0 aliphatic heterocycles. The molecule has 0 aliphatic carbocycles. The molecule has 0 amide bonds. The summed E-state index contributed by atoms with van der Waals surface area (Å²) < 4.78 is 10.9. The molecule has 0 unspecified atom stereocenters. The average molecular weight is 404 g/mol. The van der Waals surface area contributed by atoms with Crippen LogP contribution in [0.5, 0.6) is 11.5 Å². The van der Waals surface area contributed by atoms with E-state index in [4.69, 9.17) is 9.15 Å². The zero-order valence-electron chi connectivity index (χ0n) is 15.7. The van der Waals surface area contributed by atoms with Crippen LogP contribution in [0.15, 0.2) is 57.9 Å². The van der Waals surface area contributed by atoms with Gasteiger partial charge in [0.25, 0.3) is 0 Å². The summed E-state index contributed by atoms with van der Waals surface area (Å²) in [5.41, 5.74) is 1.20. The number of benzene rings is 2. The molecule has 3 rings (SSSR count).